The minimum Gasteiger partial charge on any atom is -0.496 e. The van der Waals surface area contributed by atoms with E-state index in [1.54, 1.807) is 18.4 Å². The number of methoxy groups -OCH3 is 2. The molecule has 3 rings (SSSR count). The number of nitrogens with zero attached hydrogens (tertiary/aromatic N) is 2. The molecule has 0 saturated heterocycles. The highest BCUT2D eigenvalue weighted by Crippen LogP contribution is 2.29. The third-order valence-corrected chi connectivity index (χ3v) is 6.99. The van der Waals surface area contributed by atoms with Gasteiger partial charge in [0.1, 0.15) is 5.75 Å². The lowest BCUT2D eigenvalue weighted by Crippen LogP contribution is -2.13. The Kier molecular flexibility index (Phi) is 8.35. The molecule has 1 amide bonds. The Morgan fingerprint density at radius 1 is 1.22 bits per heavy atom. The van der Waals surface area contributed by atoms with E-state index in [2.05, 4.69) is 9.30 Å². The van der Waals surface area contributed by atoms with E-state index in [9.17, 15) is 9.59 Å². The molecule has 0 aliphatic heterocycles. The van der Waals surface area contributed by atoms with E-state index in [0.29, 0.717) is 17.9 Å². The van der Waals surface area contributed by atoms with Crippen molar-refractivity contribution in [2.24, 2.45) is 5.73 Å². The molecule has 0 bridgehead atoms. The number of ether oxygens (including phenoxy) is 2. The Labute approximate surface area is 195 Å². The number of rotatable bonds is 11. The van der Waals surface area contributed by atoms with Crippen LogP contribution in [0.2, 0.25) is 0 Å². The average Bonchev–Trinajstić information content (AvgIpc) is 3.39. The zero-order valence-corrected chi connectivity index (χ0v) is 20.1. The van der Waals surface area contributed by atoms with Gasteiger partial charge in [0.15, 0.2) is 0 Å². The lowest BCUT2D eigenvalue weighted by Gasteiger charge is -2.13. The molecule has 0 aliphatic rings. The molecular weight excluding hydrogens is 446 g/mol. The van der Waals surface area contributed by atoms with Crippen LogP contribution in [-0.2, 0) is 28.9 Å². The zero-order valence-electron chi connectivity index (χ0n) is 18.4. The number of thioether (sulfide) groups is 1. The predicted octanol–water partition coefficient (Wildman–Crippen LogP) is 3.72. The van der Waals surface area contributed by atoms with Gasteiger partial charge in [-0.05, 0) is 31.0 Å². The number of benzene rings is 1. The molecule has 2 aromatic heterocycles. The monoisotopic (exact) mass is 473 g/mol. The highest BCUT2D eigenvalue weighted by Gasteiger charge is 2.19. The lowest BCUT2D eigenvalue weighted by atomic mass is 10.1. The molecule has 1 aromatic carbocycles. The van der Waals surface area contributed by atoms with E-state index >= 15 is 0 Å². The Bertz CT molecular complexity index is 1090. The molecule has 0 spiro atoms. The molecule has 0 aliphatic carbocycles. The molecule has 3 aromatic rings. The maximum absolute atomic E-state index is 12.0. The molecule has 170 valence electrons. The summed E-state index contributed by atoms with van der Waals surface area (Å²) in [6.45, 7) is 2.57. The average molecular weight is 474 g/mol. The van der Waals surface area contributed by atoms with Gasteiger partial charge in [0, 0.05) is 29.8 Å². The molecule has 7 nitrogen and oxygen atoms in total. The van der Waals surface area contributed by atoms with Crippen molar-refractivity contribution in [3.8, 4) is 17.1 Å². The number of primary amides is 1. The van der Waals surface area contributed by atoms with Gasteiger partial charge >= 0.3 is 5.97 Å². The molecular formula is C23H27N3O4S2. The molecule has 2 N–H and O–H groups in total. The van der Waals surface area contributed by atoms with Gasteiger partial charge in [0.2, 0.25) is 0 Å². The number of esters is 1. The summed E-state index contributed by atoms with van der Waals surface area (Å²) in [4.78, 5) is 28.0. The van der Waals surface area contributed by atoms with E-state index in [4.69, 9.17) is 15.5 Å². The van der Waals surface area contributed by atoms with E-state index in [0.717, 1.165) is 52.0 Å². The second-order valence-corrected chi connectivity index (χ2v) is 9.16. The first kappa shape index (κ1) is 23.9. The molecule has 32 heavy (non-hydrogen) atoms. The summed E-state index contributed by atoms with van der Waals surface area (Å²) in [5.41, 5.74) is 9.73. The van der Waals surface area contributed by atoms with Crippen molar-refractivity contribution < 1.29 is 19.1 Å². The van der Waals surface area contributed by atoms with Crippen LogP contribution in [0.25, 0.3) is 11.4 Å². The normalized spacial score (nSPS) is 10.8. The van der Waals surface area contributed by atoms with Gasteiger partial charge in [-0.1, -0.05) is 18.2 Å². The van der Waals surface area contributed by atoms with Crippen LogP contribution in [0.1, 0.15) is 26.6 Å². The summed E-state index contributed by atoms with van der Waals surface area (Å²) >= 11 is 3.09. The maximum Gasteiger partial charge on any atom is 0.315 e. The Balaban J connectivity index is 1.79. The fourth-order valence-corrected chi connectivity index (χ4v) is 5.14. The Morgan fingerprint density at radius 2 is 2.00 bits per heavy atom. The maximum atomic E-state index is 12.0. The third kappa shape index (κ3) is 5.72. The minimum atomic E-state index is -0.450. The van der Waals surface area contributed by atoms with Crippen molar-refractivity contribution in [1.29, 1.82) is 0 Å². The van der Waals surface area contributed by atoms with Gasteiger partial charge in [-0.25, -0.2) is 4.98 Å². The SMILES string of the molecule is COC(=O)CSCCc1nc(-c2cc(C(N)=O)c(C)n2CCc2ccccc2OC)cs1. The van der Waals surface area contributed by atoms with Crippen LogP contribution in [0.15, 0.2) is 35.7 Å². The van der Waals surface area contributed by atoms with E-state index in [-0.39, 0.29) is 5.97 Å². The van der Waals surface area contributed by atoms with Crippen LogP contribution in [-0.4, -0.2) is 47.2 Å². The summed E-state index contributed by atoms with van der Waals surface area (Å²) in [6.07, 6.45) is 1.50. The number of carbonyl (C=O) groups is 2. The standard InChI is InChI=1S/C23H27N3O4S2/c1-15-17(23(24)28)12-19(26(15)10-8-16-6-4-5-7-20(16)29-2)18-13-32-21(25-18)9-11-31-14-22(27)30-3/h4-7,12-13H,8-11,14H2,1-3H3,(H2,24,28). The molecule has 0 radical (unpaired) electrons. The fourth-order valence-electron chi connectivity index (χ4n) is 3.45. The van der Waals surface area contributed by atoms with Crippen molar-refractivity contribution in [3.63, 3.8) is 0 Å². The second kappa shape index (κ2) is 11.2. The molecule has 0 unspecified atom stereocenters. The summed E-state index contributed by atoms with van der Waals surface area (Å²) in [5, 5.41) is 2.98. The molecule has 0 fully saturated rings. The number of amides is 1. The molecule has 0 atom stereocenters. The number of carbonyl (C=O) groups excluding carboxylic acids is 2. The van der Waals surface area contributed by atoms with Gasteiger partial charge in [-0.3, -0.25) is 9.59 Å². The van der Waals surface area contributed by atoms with Gasteiger partial charge in [-0.2, -0.15) is 0 Å². The predicted molar refractivity (Wildman–Crippen MR) is 129 cm³/mol. The molecule has 2 heterocycles. The van der Waals surface area contributed by atoms with Crippen LogP contribution in [0.5, 0.6) is 5.75 Å². The fraction of sp³-hybridized carbons (Fsp3) is 0.348. The quantitative estimate of drug-likeness (QED) is 0.337. The largest absolute Gasteiger partial charge is 0.496 e. The smallest absolute Gasteiger partial charge is 0.315 e. The first-order chi connectivity index (χ1) is 15.4. The number of hydrogen-bond donors (Lipinski definition) is 1. The van der Waals surface area contributed by atoms with E-state index < -0.39 is 5.91 Å². The number of hydrogen-bond acceptors (Lipinski definition) is 7. The van der Waals surface area contributed by atoms with Crippen LogP contribution < -0.4 is 10.5 Å². The van der Waals surface area contributed by atoms with Gasteiger partial charge in [0.25, 0.3) is 5.91 Å². The van der Waals surface area contributed by atoms with E-state index in [1.165, 1.54) is 18.9 Å². The van der Waals surface area contributed by atoms with Crippen molar-refractivity contribution in [3.05, 3.63) is 57.5 Å². The second-order valence-electron chi connectivity index (χ2n) is 7.11. The minimum absolute atomic E-state index is 0.225. The zero-order chi connectivity index (χ0) is 23.1. The van der Waals surface area contributed by atoms with Crippen molar-refractivity contribution in [2.75, 3.05) is 25.7 Å². The van der Waals surface area contributed by atoms with Crippen LogP contribution in [0.3, 0.4) is 0 Å². The van der Waals surface area contributed by atoms with Gasteiger partial charge in [0.05, 0.1) is 41.9 Å². The summed E-state index contributed by atoms with van der Waals surface area (Å²) in [7, 11) is 3.05. The summed E-state index contributed by atoms with van der Waals surface area (Å²) in [5.74, 6) is 1.28. The van der Waals surface area contributed by atoms with Crippen molar-refractivity contribution in [2.45, 2.75) is 26.3 Å². The number of para-hydroxylation sites is 1. The van der Waals surface area contributed by atoms with Crippen LogP contribution >= 0.6 is 23.1 Å². The number of aryl methyl sites for hydroxylation is 2. The van der Waals surface area contributed by atoms with E-state index in [1.807, 2.05) is 42.6 Å². The first-order valence-electron chi connectivity index (χ1n) is 10.2. The summed E-state index contributed by atoms with van der Waals surface area (Å²) in [6, 6.07) is 9.74. The summed E-state index contributed by atoms with van der Waals surface area (Å²) < 4.78 is 12.2. The van der Waals surface area contributed by atoms with Gasteiger partial charge < -0.3 is 19.8 Å². The highest BCUT2D eigenvalue weighted by atomic mass is 32.2. The number of aromatic nitrogens is 2. The van der Waals surface area contributed by atoms with Gasteiger partial charge in [-0.15, -0.1) is 23.1 Å². The number of nitrogens with two attached hydrogens (primary N) is 1. The van der Waals surface area contributed by atoms with Crippen LogP contribution in [0, 0.1) is 6.92 Å². The highest BCUT2D eigenvalue weighted by molar-refractivity contribution is 7.99. The van der Waals surface area contributed by atoms with Crippen LogP contribution in [0.4, 0.5) is 0 Å². The van der Waals surface area contributed by atoms with Crippen molar-refractivity contribution >= 4 is 35.0 Å². The Morgan fingerprint density at radius 3 is 2.72 bits per heavy atom. The lowest BCUT2D eigenvalue weighted by molar-refractivity contribution is -0.137. The molecule has 9 heteroatoms. The molecule has 0 saturated carbocycles. The Hall–Kier alpha value is -2.78. The number of thiazole rings is 1. The first-order valence-corrected chi connectivity index (χ1v) is 12.2. The van der Waals surface area contributed by atoms with Crippen molar-refractivity contribution in [1.82, 2.24) is 9.55 Å². The third-order valence-electron chi connectivity index (χ3n) is 5.15. The topological polar surface area (TPSA) is 96.4 Å².